The molecular weight excluding hydrogens is 669 g/mol. The van der Waals surface area contributed by atoms with Crippen molar-refractivity contribution in [3.63, 3.8) is 0 Å². The lowest BCUT2D eigenvalue weighted by atomic mass is 9.85. The van der Waals surface area contributed by atoms with Gasteiger partial charge in [0.25, 0.3) is 0 Å². The summed E-state index contributed by atoms with van der Waals surface area (Å²) in [5.74, 6) is 0. The molecule has 0 amide bonds. The summed E-state index contributed by atoms with van der Waals surface area (Å²) in [6.07, 6.45) is 0. The molecule has 0 radical (unpaired) electrons. The van der Waals surface area contributed by atoms with Crippen molar-refractivity contribution in [2.45, 2.75) is 88.3 Å². The SMILES string of the molecule is CC(C)(C)c1ccc2c(c1)c1ccccc1n2-c1ccc(S(=O)(=O)c2ccc(-n3c4ccc(C(C)(C)C)cc4c4cc(C(C)(C)C)ccc43)cc2)cc1. The van der Waals surface area contributed by atoms with Crippen LogP contribution in [-0.2, 0) is 26.1 Å². The Morgan fingerprint density at radius 2 is 0.698 bits per heavy atom. The van der Waals surface area contributed by atoms with Crippen LogP contribution < -0.4 is 0 Å². The van der Waals surface area contributed by atoms with Crippen LogP contribution in [0.15, 0.2) is 137 Å². The van der Waals surface area contributed by atoms with Crippen LogP contribution in [-0.4, -0.2) is 17.6 Å². The third kappa shape index (κ3) is 5.86. The van der Waals surface area contributed by atoms with Crippen molar-refractivity contribution >= 4 is 53.4 Å². The zero-order valence-electron chi connectivity index (χ0n) is 32.2. The Bertz CT molecular complexity index is 2740. The second kappa shape index (κ2) is 11.9. The lowest BCUT2D eigenvalue weighted by Gasteiger charge is -2.19. The molecule has 8 aromatic rings. The first-order valence-corrected chi connectivity index (χ1v) is 20.0. The van der Waals surface area contributed by atoms with Crippen LogP contribution in [0.5, 0.6) is 0 Å². The minimum Gasteiger partial charge on any atom is -0.309 e. The van der Waals surface area contributed by atoms with Gasteiger partial charge in [-0.15, -0.1) is 0 Å². The number of fused-ring (bicyclic) bond motifs is 6. The maximum atomic E-state index is 14.1. The second-order valence-electron chi connectivity index (χ2n) is 17.6. The van der Waals surface area contributed by atoms with Gasteiger partial charge in [0, 0.05) is 32.9 Å². The molecule has 0 N–H and O–H groups in total. The molecule has 268 valence electrons. The average molecular weight is 717 g/mol. The zero-order chi connectivity index (χ0) is 37.7. The van der Waals surface area contributed by atoms with Crippen LogP contribution >= 0.6 is 0 Å². The monoisotopic (exact) mass is 716 g/mol. The highest BCUT2D eigenvalue weighted by molar-refractivity contribution is 7.91. The van der Waals surface area contributed by atoms with Gasteiger partial charge in [0.15, 0.2) is 0 Å². The predicted molar refractivity (Wildman–Crippen MR) is 223 cm³/mol. The van der Waals surface area contributed by atoms with Crippen LogP contribution in [0.1, 0.15) is 79.0 Å². The molecule has 5 heteroatoms. The smallest absolute Gasteiger partial charge is 0.206 e. The Balaban J connectivity index is 1.18. The molecule has 0 fully saturated rings. The van der Waals surface area contributed by atoms with Gasteiger partial charge in [-0.25, -0.2) is 8.42 Å². The fourth-order valence-electron chi connectivity index (χ4n) is 7.64. The zero-order valence-corrected chi connectivity index (χ0v) is 33.1. The summed E-state index contributed by atoms with van der Waals surface area (Å²) in [6, 6.07) is 43.2. The quantitative estimate of drug-likeness (QED) is 0.182. The minimum atomic E-state index is -3.76. The molecule has 2 heterocycles. The summed E-state index contributed by atoms with van der Waals surface area (Å²) in [4.78, 5) is 0.539. The van der Waals surface area contributed by atoms with Gasteiger partial charge >= 0.3 is 0 Å². The van der Waals surface area contributed by atoms with Gasteiger partial charge < -0.3 is 9.13 Å². The van der Waals surface area contributed by atoms with Gasteiger partial charge in [-0.05, 0) is 124 Å². The van der Waals surface area contributed by atoms with E-state index in [9.17, 15) is 8.42 Å². The first-order chi connectivity index (χ1) is 24.9. The van der Waals surface area contributed by atoms with Crippen molar-refractivity contribution < 1.29 is 8.42 Å². The molecule has 8 rings (SSSR count). The lowest BCUT2D eigenvalue weighted by Crippen LogP contribution is -2.10. The number of sulfone groups is 1. The van der Waals surface area contributed by atoms with E-state index in [0.717, 1.165) is 33.4 Å². The van der Waals surface area contributed by atoms with Crippen molar-refractivity contribution in [1.29, 1.82) is 0 Å². The van der Waals surface area contributed by atoms with E-state index >= 15 is 0 Å². The van der Waals surface area contributed by atoms with E-state index in [1.807, 2.05) is 24.3 Å². The lowest BCUT2D eigenvalue weighted by molar-refractivity contribution is 0.590. The summed E-state index contributed by atoms with van der Waals surface area (Å²) in [6.45, 7) is 20.2. The Kier molecular flexibility index (Phi) is 7.87. The van der Waals surface area contributed by atoms with E-state index in [-0.39, 0.29) is 26.0 Å². The minimum absolute atomic E-state index is 0.0120. The Hall–Kier alpha value is -5.13. The summed E-state index contributed by atoms with van der Waals surface area (Å²) in [5, 5.41) is 4.77. The van der Waals surface area contributed by atoms with Crippen molar-refractivity contribution in [3.05, 3.63) is 144 Å². The molecule has 2 aromatic heterocycles. The first-order valence-electron chi connectivity index (χ1n) is 18.5. The van der Waals surface area contributed by atoms with Crippen LogP contribution in [0, 0.1) is 0 Å². The van der Waals surface area contributed by atoms with E-state index in [1.165, 1.54) is 38.2 Å². The molecule has 0 aliphatic carbocycles. The van der Waals surface area contributed by atoms with Crippen LogP contribution in [0.4, 0.5) is 0 Å². The molecule has 0 spiro atoms. The highest BCUT2D eigenvalue weighted by Crippen LogP contribution is 2.39. The standard InChI is InChI=1S/C48H48N2O2S/c1-46(2,3)31-14-25-43-39(28-31)38-12-10-11-13-42(38)49(43)34-17-21-36(22-18-34)53(51,52)37-23-19-35(20-24-37)50-44-26-15-32(47(4,5)6)29-40(44)41-30-33(48(7,8)9)16-27-45(41)50/h10-30H,1-9H3. The van der Waals surface area contributed by atoms with Gasteiger partial charge in [-0.2, -0.15) is 0 Å². The van der Waals surface area contributed by atoms with Gasteiger partial charge in [0.05, 0.1) is 31.9 Å². The molecule has 4 nitrogen and oxygen atoms in total. The van der Waals surface area contributed by atoms with Crippen molar-refractivity contribution in [3.8, 4) is 11.4 Å². The summed E-state index contributed by atoms with van der Waals surface area (Å²) in [5.41, 5.74) is 10.1. The topological polar surface area (TPSA) is 44.0 Å². The van der Waals surface area contributed by atoms with Crippen LogP contribution in [0.3, 0.4) is 0 Å². The highest BCUT2D eigenvalue weighted by Gasteiger charge is 2.23. The van der Waals surface area contributed by atoms with E-state index < -0.39 is 9.84 Å². The Labute approximate surface area is 313 Å². The maximum absolute atomic E-state index is 14.1. The Morgan fingerprint density at radius 1 is 0.377 bits per heavy atom. The third-order valence-corrected chi connectivity index (χ3v) is 12.6. The highest BCUT2D eigenvalue weighted by atomic mass is 32.2. The van der Waals surface area contributed by atoms with Gasteiger partial charge in [0.1, 0.15) is 0 Å². The summed E-state index contributed by atoms with van der Waals surface area (Å²) in [7, 11) is -3.76. The maximum Gasteiger partial charge on any atom is 0.206 e. The van der Waals surface area contributed by atoms with E-state index in [2.05, 4.69) is 150 Å². The first kappa shape index (κ1) is 34.9. The van der Waals surface area contributed by atoms with Gasteiger partial charge in [-0.1, -0.05) is 98.7 Å². The molecule has 0 atom stereocenters. The van der Waals surface area contributed by atoms with Gasteiger partial charge in [0.2, 0.25) is 9.84 Å². The van der Waals surface area contributed by atoms with Crippen molar-refractivity contribution in [2.24, 2.45) is 0 Å². The summed E-state index contributed by atoms with van der Waals surface area (Å²) >= 11 is 0. The number of nitrogens with zero attached hydrogens (tertiary/aromatic N) is 2. The predicted octanol–water partition coefficient (Wildman–Crippen LogP) is 12.6. The van der Waals surface area contributed by atoms with Gasteiger partial charge in [-0.3, -0.25) is 0 Å². The fourth-order valence-corrected chi connectivity index (χ4v) is 8.90. The molecule has 0 saturated carbocycles. The largest absolute Gasteiger partial charge is 0.309 e. The molecule has 6 aromatic carbocycles. The Morgan fingerprint density at radius 3 is 1.06 bits per heavy atom. The number of rotatable bonds is 4. The van der Waals surface area contributed by atoms with Crippen molar-refractivity contribution in [1.82, 2.24) is 9.13 Å². The molecule has 0 saturated heterocycles. The van der Waals surface area contributed by atoms with E-state index in [0.29, 0.717) is 0 Å². The summed E-state index contributed by atoms with van der Waals surface area (Å²) < 4.78 is 32.6. The van der Waals surface area contributed by atoms with E-state index in [1.54, 1.807) is 24.3 Å². The number of aromatic nitrogens is 2. The molecule has 0 aliphatic rings. The average Bonchev–Trinajstić information content (AvgIpc) is 3.62. The molecule has 0 bridgehead atoms. The van der Waals surface area contributed by atoms with Crippen molar-refractivity contribution in [2.75, 3.05) is 0 Å². The van der Waals surface area contributed by atoms with Crippen LogP contribution in [0.25, 0.3) is 55.0 Å². The molecule has 0 aliphatic heterocycles. The number of para-hydroxylation sites is 1. The molecule has 0 unspecified atom stereocenters. The normalized spacial score (nSPS) is 13.2. The molecular formula is C48H48N2O2S. The molecule has 53 heavy (non-hydrogen) atoms. The fraction of sp³-hybridized carbons (Fsp3) is 0.250. The third-order valence-electron chi connectivity index (χ3n) is 10.8. The number of hydrogen-bond acceptors (Lipinski definition) is 2. The number of benzene rings is 6. The van der Waals surface area contributed by atoms with Crippen LogP contribution in [0.2, 0.25) is 0 Å². The van der Waals surface area contributed by atoms with E-state index in [4.69, 9.17) is 0 Å². The number of hydrogen-bond donors (Lipinski definition) is 0. The second-order valence-corrected chi connectivity index (χ2v) is 19.6.